The van der Waals surface area contributed by atoms with Crippen molar-refractivity contribution < 1.29 is 31.8 Å². The molecule has 12 heteroatoms. The number of aromatic nitrogens is 2. The first-order chi connectivity index (χ1) is 18.1. The molecule has 3 fully saturated rings. The van der Waals surface area contributed by atoms with Gasteiger partial charge in [0.25, 0.3) is 0 Å². The molecule has 3 aliphatic rings. The average molecular weight is 549 g/mol. The highest BCUT2D eigenvalue weighted by Crippen LogP contribution is 2.35. The number of nitrogens with one attached hydrogen (secondary N) is 1. The van der Waals surface area contributed by atoms with E-state index in [0.29, 0.717) is 56.2 Å². The Balaban J connectivity index is 1.28. The number of piperidine rings is 1. The van der Waals surface area contributed by atoms with E-state index < -0.39 is 20.9 Å². The number of halogens is 1. The van der Waals surface area contributed by atoms with Crippen LogP contribution in [0, 0.1) is 12.7 Å². The van der Waals surface area contributed by atoms with Gasteiger partial charge in [-0.1, -0.05) is 6.42 Å². The molecule has 1 aliphatic carbocycles. The lowest BCUT2D eigenvalue weighted by atomic mass is 9.92. The predicted molar refractivity (Wildman–Crippen MR) is 137 cm³/mol. The lowest BCUT2D eigenvalue weighted by Crippen LogP contribution is -2.61. The monoisotopic (exact) mass is 548 g/mol. The SMILES string of the molecule is Cc1c(Nc2ccc(S(=O)(=O)C3CCC3)cc2F)ncnc1OC1CC2COCC(C1)N2C(=O)OC(C)C. The first-order valence-corrected chi connectivity index (χ1v) is 14.5. The van der Waals surface area contributed by atoms with Crippen LogP contribution < -0.4 is 10.1 Å². The standard InChI is InChI=1S/C26H33FN4O6S/c1-15(2)36-26(32)31-17-9-19(10-18(31)13-35-12-17)37-25-16(3)24(28-14-29-25)30-23-8-7-21(11-22(23)27)38(33,34)20-5-4-6-20/h7-8,11,14-15,17-20H,4-6,9-10,12-13H2,1-3H3,(H,28,29,30). The molecular weight excluding hydrogens is 515 g/mol. The number of hydrogen-bond acceptors (Lipinski definition) is 9. The number of carbonyl (C=O) groups excluding carboxylic acids is 1. The maximum absolute atomic E-state index is 14.9. The Labute approximate surface area is 221 Å². The molecule has 0 radical (unpaired) electrons. The summed E-state index contributed by atoms with van der Waals surface area (Å²) < 4.78 is 57.5. The minimum Gasteiger partial charge on any atom is -0.474 e. The first kappa shape index (κ1) is 26.6. The number of hydrogen-bond donors (Lipinski definition) is 1. The van der Waals surface area contributed by atoms with Crippen LogP contribution in [0.3, 0.4) is 0 Å². The molecule has 2 aromatic rings. The number of carbonyl (C=O) groups is 1. The largest absolute Gasteiger partial charge is 0.474 e. The van der Waals surface area contributed by atoms with Gasteiger partial charge >= 0.3 is 6.09 Å². The normalized spacial score (nSPS) is 23.6. The summed E-state index contributed by atoms with van der Waals surface area (Å²) in [6, 6.07) is 3.56. The van der Waals surface area contributed by atoms with Crippen molar-refractivity contribution in [3.63, 3.8) is 0 Å². The van der Waals surface area contributed by atoms with Gasteiger partial charge in [0.2, 0.25) is 5.88 Å². The van der Waals surface area contributed by atoms with Crippen LogP contribution in [0.1, 0.15) is 51.5 Å². The second-order valence-electron chi connectivity index (χ2n) is 10.4. The van der Waals surface area contributed by atoms with Gasteiger partial charge in [-0.05, 0) is 51.8 Å². The minimum atomic E-state index is -3.52. The predicted octanol–water partition coefficient (Wildman–Crippen LogP) is 4.15. The van der Waals surface area contributed by atoms with E-state index in [0.717, 1.165) is 12.5 Å². The summed E-state index contributed by atoms with van der Waals surface area (Å²) in [6.45, 7) is 6.22. The summed E-state index contributed by atoms with van der Waals surface area (Å²) in [7, 11) is -3.52. The van der Waals surface area contributed by atoms with E-state index >= 15 is 0 Å². The van der Waals surface area contributed by atoms with E-state index in [1.165, 1.54) is 18.5 Å². The van der Waals surface area contributed by atoms with Crippen LogP contribution in [-0.4, -0.2) is 72.1 Å². The van der Waals surface area contributed by atoms with E-state index in [-0.39, 0.29) is 41.0 Å². The zero-order chi connectivity index (χ0) is 27.0. The number of benzene rings is 1. The average Bonchev–Trinajstić information content (AvgIpc) is 2.80. The number of anilines is 2. The van der Waals surface area contributed by atoms with E-state index in [4.69, 9.17) is 14.2 Å². The molecule has 10 nitrogen and oxygen atoms in total. The highest BCUT2D eigenvalue weighted by atomic mass is 32.2. The molecule has 1 saturated carbocycles. The van der Waals surface area contributed by atoms with Crippen molar-refractivity contribution in [3.8, 4) is 5.88 Å². The van der Waals surface area contributed by atoms with Gasteiger partial charge in [-0.3, -0.25) is 4.90 Å². The van der Waals surface area contributed by atoms with Crippen molar-refractivity contribution in [2.24, 2.45) is 0 Å². The third-order valence-corrected chi connectivity index (χ3v) is 9.61. The molecule has 206 valence electrons. The maximum atomic E-state index is 14.9. The Morgan fingerprint density at radius 2 is 1.89 bits per heavy atom. The van der Waals surface area contributed by atoms with E-state index in [1.807, 2.05) is 13.8 Å². The molecule has 0 spiro atoms. The molecule has 5 rings (SSSR count). The highest BCUT2D eigenvalue weighted by molar-refractivity contribution is 7.92. The second kappa shape index (κ2) is 10.6. The van der Waals surface area contributed by atoms with Gasteiger partial charge in [-0.25, -0.2) is 27.6 Å². The fourth-order valence-electron chi connectivity index (χ4n) is 5.13. The van der Waals surface area contributed by atoms with Crippen molar-refractivity contribution in [3.05, 3.63) is 35.9 Å². The van der Waals surface area contributed by atoms with Crippen LogP contribution in [0.2, 0.25) is 0 Å². The molecule has 1 amide bonds. The molecule has 2 aliphatic heterocycles. The topological polar surface area (TPSA) is 120 Å². The summed E-state index contributed by atoms with van der Waals surface area (Å²) in [5.74, 6) is 0.0265. The molecule has 38 heavy (non-hydrogen) atoms. The lowest BCUT2D eigenvalue weighted by Gasteiger charge is -2.47. The van der Waals surface area contributed by atoms with Crippen molar-refractivity contribution in [2.45, 2.75) is 87.3 Å². The molecular formula is C26H33FN4O6S. The molecule has 2 saturated heterocycles. The molecule has 1 N–H and O–H groups in total. The quantitative estimate of drug-likeness (QED) is 0.544. The van der Waals surface area contributed by atoms with E-state index in [1.54, 1.807) is 11.8 Å². The van der Waals surface area contributed by atoms with Gasteiger partial charge < -0.3 is 19.5 Å². The number of rotatable bonds is 7. The van der Waals surface area contributed by atoms with Gasteiger partial charge in [-0.2, -0.15) is 0 Å². The van der Waals surface area contributed by atoms with Crippen LogP contribution >= 0.6 is 0 Å². The lowest BCUT2D eigenvalue weighted by molar-refractivity contribution is -0.0934. The smallest absolute Gasteiger partial charge is 0.410 e. The van der Waals surface area contributed by atoms with Crippen molar-refractivity contribution in [2.75, 3.05) is 18.5 Å². The third-order valence-electron chi connectivity index (χ3n) is 7.35. The van der Waals surface area contributed by atoms with Crippen LogP contribution in [0.4, 0.5) is 20.7 Å². The summed E-state index contributed by atoms with van der Waals surface area (Å²) in [6.07, 6.45) is 3.80. The zero-order valence-corrected chi connectivity index (χ0v) is 22.5. The van der Waals surface area contributed by atoms with Gasteiger partial charge in [-0.15, -0.1) is 0 Å². The number of ether oxygens (including phenoxy) is 3. The highest BCUT2D eigenvalue weighted by Gasteiger charge is 2.43. The van der Waals surface area contributed by atoms with Gasteiger partial charge in [0.1, 0.15) is 24.1 Å². The molecule has 2 bridgehead atoms. The van der Waals surface area contributed by atoms with Crippen molar-refractivity contribution in [1.29, 1.82) is 0 Å². The molecule has 2 atom stereocenters. The Morgan fingerprint density at radius 3 is 2.50 bits per heavy atom. The summed E-state index contributed by atoms with van der Waals surface area (Å²) in [5, 5.41) is 2.52. The van der Waals surface area contributed by atoms with E-state index in [2.05, 4.69) is 15.3 Å². The first-order valence-electron chi connectivity index (χ1n) is 13.0. The molecule has 3 heterocycles. The van der Waals surface area contributed by atoms with Crippen LogP contribution in [0.25, 0.3) is 0 Å². The summed E-state index contributed by atoms with van der Waals surface area (Å²) in [4.78, 5) is 22.9. The van der Waals surface area contributed by atoms with Crippen LogP contribution in [0.15, 0.2) is 29.4 Å². The summed E-state index contributed by atoms with van der Waals surface area (Å²) in [5.41, 5.74) is 0.690. The molecule has 2 unspecified atom stereocenters. The molecule has 1 aromatic heterocycles. The van der Waals surface area contributed by atoms with Crippen molar-refractivity contribution >= 4 is 27.4 Å². The number of fused-ring (bicyclic) bond motifs is 2. The maximum Gasteiger partial charge on any atom is 0.410 e. The number of amides is 1. The zero-order valence-electron chi connectivity index (χ0n) is 21.7. The Morgan fingerprint density at radius 1 is 1.18 bits per heavy atom. The van der Waals surface area contributed by atoms with Crippen LogP contribution in [0.5, 0.6) is 5.88 Å². The third kappa shape index (κ3) is 5.28. The Hall–Kier alpha value is -2.99. The second-order valence-corrected chi connectivity index (χ2v) is 12.6. The fraction of sp³-hybridized carbons (Fsp3) is 0.577. The number of sulfone groups is 1. The Bertz CT molecular complexity index is 1290. The van der Waals surface area contributed by atoms with Gasteiger partial charge in [0, 0.05) is 12.8 Å². The van der Waals surface area contributed by atoms with Crippen LogP contribution in [-0.2, 0) is 19.3 Å². The molecule has 1 aromatic carbocycles. The van der Waals surface area contributed by atoms with E-state index in [9.17, 15) is 17.6 Å². The van der Waals surface area contributed by atoms with Gasteiger partial charge in [0.05, 0.1) is 52.8 Å². The fourth-order valence-corrected chi connectivity index (χ4v) is 7.00. The minimum absolute atomic E-state index is 0.00757. The number of morpholine rings is 1. The Kier molecular flexibility index (Phi) is 7.45. The number of nitrogens with zero attached hydrogens (tertiary/aromatic N) is 3. The van der Waals surface area contributed by atoms with Crippen molar-refractivity contribution in [1.82, 2.24) is 14.9 Å². The summed E-state index contributed by atoms with van der Waals surface area (Å²) >= 11 is 0. The van der Waals surface area contributed by atoms with Gasteiger partial charge in [0.15, 0.2) is 9.84 Å².